The van der Waals surface area contributed by atoms with Crippen molar-refractivity contribution in [2.24, 2.45) is 0 Å². The molecule has 1 aromatic rings. The number of unbranched alkanes of at least 4 members (excludes halogenated alkanes) is 1. The fraction of sp³-hybridized carbons (Fsp3) is 0.444. The number of rotatable bonds is 8. The first-order valence-corrected chi connectivity index (χ1v) is 8.01. The van der Waals surface area contributed by atoms with Gasteiger partial charge in [0, 0.05) is 19.4 Å². The van der Waals surface area contributed by atoms with E-state index in [4.69, 9.17) is 9.84 Å². The van der Waals surface area contributed by atoms with E-state index < -0.39 is 5.97 Å². The van der Waals surface area contributed by atoms with Crippen LogP contribution >= 0.6 is 0 Å². The average molecular weight is 315 g/mol. The van der Waals surface area contributed by atoms with Crippen LogP contribution in [0.2, 0.25) is 0 Å². The van der Waals surface area contributed by atoms with Crippen molar-refractivity contribution in [2.45, 2.75) is 43.7 Å². The second-order valence-electron chi connectivity index (χ2n) is 6.17. The van der Waals surface area contributed by atoms with Gasteiger partial charge in [-0.3, -0.25) is 9.59 Å². The molecule has 1 saturated heterocycles. The minimum Gasteiger partial charge on any atom is -0.488 e. The highest BCUT2D eigenvalue weighted by molar-refractivity contribution is 5.87. The number of benzene rings is 1. The highest BCUT2D eigenvalue weighted by atomic mass is 16.5. The topological polar surface area (TPSA) is 66.8 Å². The van der Waals surface area contributed by atoms with Gasteiger partial charge in [-0.15, -0.1) is 0 Å². The number of hydrogen-bond donors (Lipinski definition) is 1. The first-order valence-electron chi connectivity index (χ1n) is 8.01. The average Bonchev–Trinajstić information content (AvgIpc) is 3.22. The Balaban J connectivity index is 1.46. The molecule has 1 aromatic carbocycles. The Kier molecular flexibility index (Phi) is 4.37. The summed E-state index contributed by atoms with van der Waals surface area (Å²) in [7, 11) is 0. The maximum atomic E-state index is 11.9. The van der Waals surface area contributed by atoms with Crippen molar-refractivity contribution in [2.75, 3.05) is 6.54 Å². The van der Waals surface area contributed by atoms with Gasteiger partial charge in [0.2, 0.25) is 5.91 Å². The van der Waals surface area contributed by atoms with E-state index in [0.717, 1.165) is 18.6 Å². The molecule has 0 aromatic heterocycles. The third-order valence-corrected chi connectivity index (χ3v) is 4.51. The summed E-state index contributed by atoms with van der Waals surface area (Å²) >= 11 is 0. The first-order chi connectivity index (χ1) is 11.1. The lowest BCUT2D eigenvalue weighted by Crippen LogP contribution is -2.57. The smallest absolute Gasteiger partial charge is 0.303 e. The van der Waals surface area contributed by atoms with E-state index in [1.54, 1.807) is 0 Å². The van der Waals surface area contributed by atoms with Crippen LogP contribution in [0.5, 0.6) is 5.75 Å². The van der Waals surface area contributed by atoms with Gasteiger partial charge in [0.05, 0.1) is 12.0 Å². The van der Waals surface area contributed by atoms with Gasteiger partial charge in [-0.1, -0.05) is 30.4 Å². The first kappa shape index (κ1) is 15.6. The molecular weight excluding hydrogens is 294 g/mol. The number of carbonyl (C=O) groups is 2. The summed E-state index contributed by atoms with van der Waals surface area (Å²) in [5, 5.41) is 8.58. The Morgan fingerprint density at radius 3 is 2.83 bits per heavy atom. The molecule has 1 heterocycles. The maximum Gasteiger partial charge on any atom is 0.303 e. The van der Waals surface area contributed by atoms with Crippen LogP contribution in [0.1, 0.15) is 32.1 Å². The molecule has 1 saturated carbocycles. The van der Waals surface area contributed by atoms with Crippen molar-refractivity contribution >= 4 is 11.9 Å². The normalized spacial score (nSPS) is 25.7. The van der Waals surface area contributed by atoms with E-state index in [0.29, 0.717) is 19.4 Å². The van der Waals surface area contributed by atoms with E-state index >= 15 is 0 Å². The molecule has 5 nitrogen and oxygen atoms in total. The molecule has 122 valence electrons. The van der Waals surface area contributed by atoms with Gasteiger partial charge in [-0.2, -0.15) is 0 Å². The molecule has 1 aliphatic heterocycles. The zero-order valence-electron chi connectivity index (χ0n) is 13.0. The van der Waals surface area contributed by atoms with Crippen LogP contribution in [-0.2, 0) is 9.59 Å². The zero-order chi connectivity index (χ0) is 16.3. The van der Waals surface area contributed by atoms with Gasteiger partial charge in [-0.25, -0.2) is 0 Å². The molecular formula is C18H21NO4. The summed E-state index contributed by atoms with van der Waals surface area (Å²) in [5.41, 5.74) is -0.113. The number of likely N-dealkylation sites (tertiary alicyclic amines) is 1. The molecule has 0 radical (unpaired) electrons. The van der Waals surface area contributed by atoms with Crippen LogP contribution in [-0.4, -0.2) is 40.1 Å². The summed E-state index contributed by atoms with van der Waals surface area (Å²) < 4.78 is 5.95. The summed E-state index contributed by atoms with van der Waals surface area (Å²) in [5.74, 6) is 0.242. The van der Waals surface area contributed by atoms with Crippen LogP contribution in [0.15, 0.2) is 42.5 Å². The van der Waals surface area contributed by atoms with E-state index in [1.165, 1.54) is 0 Å². The molecule has 1 spiro atoms. The molecule has 2 fully saturated rings. The minimum atomic E-state index is -0.769. The number of carboxylic acid groups (broad SMARTS) is 1. The van der Waals surface area contributed by atoms with Gasteiger partial charge < -0.3 is 14.7 Å². The van der Waals surface area contributed by atoms with Crippen LogP contribution in [0.4, 0.5) is 0 Å². The van der Waals surface area contributed by atoms with Gasteiger partial charge >= 0.3 is 5.97 Å². The summed E-state index contributed by atoms with van der Waals surface area (Å²) in [6.07, 6.45) is 7.00. The zero-order valence-corrected chi connectivity index (χ0v) is 13.0. The number of aliphatic carboxylic acids is 1. The number of nitrogens with zero attached hydrogens (tertiary/aromatic N) is 1. The third-order valence-electron chi connectivity index (χ3n) is 4.51. The number of β-lactam (4-membered cyclic amide) rings is 1. The highest BCUT2D eigenvalue weighted by Crippen LogP contribution is 2.53. The fourth-order valence-corrected chi connectivity index (χ4v) is 3.11. The Labute approximate surface area is 135 Å². The monoisotopic (exact) mass is 315 g/mol. The summed E-state index contributed by atoms with van der Waals surface area (Å²) in [4.78, 5) is 24.2. The second kappa shape index (κ2) is 6.44. The van der Waals surface area contributed by atoms with Crippen LogP contribution < -0.4 is 4.74 Å². The third kappa shape index (κ3) is 3.38. The molecule has 1 aliphatic carbocycles. The lowest BCUT2D eigenvalue weighted by Gasteiger charge is -2.41. The summed E-state index contributed by atoms with van der Waals surface area (Å²) in [6, 6.07) is 9.68. The Bertz CT molecular complexity index is 613. The Morgan fingerprint density at radius 2 is 2.13 bits per heavy atom. The van der Waals surface area contributed by atoms with Crippen molar-refractivity contribution in [3.8, 4) is 5.75 Å². The fourth-order valence-electron chi connectivity index (χ4n) is 3.11. The van der Waals surface area contributed by atoms with Gasteiger partial charge in [0.25, 0.3) is 0 Å². The van der Waals surface area contributed by atoms with Crippen molar-refractivity contribution < 1.29 is 19.4 Å². The standard InChI is InChI=1S/C18H21NO4/c20-16-13-18(12-15(18)23-14-8-4-3-5-9-14)19(16)11-7-2-1-6-10-17(21)22/h2-5,7-9,15H,1,6,10-13H2,(H,21,22)/b7-2-/t15-,18?/m0/s1. The molecule has 1 amide bonds. The van der Waals surface area contributed by atoms with Crippen molar-refractivity contribution in [1.29, 1.82) is 0 Å². The number of carbonyl (C=O) groups excluding carboxylic acids is 1. The lowest BCUT2D eigenvalue weighted by molar-refractivity contribution is -0.148. The Morgan fingerprint density at radius 1 is 1.35 bits per heavy atom. The van der Waals surface area contributed by atoms with Crippen LogP contribution in [0.25, 0.3) is 0 Å². The molecule has 0 bridgehead atoms. The molecule has 1 N–H and O–H groups in total. The summed E-state index contributed by atoms with van der Waals surface area (Å²) in [6.45, 7) is 0.584. The minimum absolute atomic E-state index is 0.0861. The number of hydrogen-bond acceptors (Lipinski definition) is 3. The lowest BCUT2D eigenvalue weighted by atomic mass is 9.98. The maximum absolute atomic E-state index is 11.9. The van der Waals surface area contributed by atoms with Crippen molar-refractivity contribution in [1.82, 2.24) is 4.90 Å². The van der Waals surface area contributed by atoms with Crippen LogP contribution in [0.3, 0.4) is 0 Å². The largest absolute Gasteiger partial charge is 0.488 e. The molecule has 3 rings (SSSR count). The number of ether oxygens (including phenoxy) is 1. The number of para-hydroxylation sites is 1. The molecule has 2 atom stereocenters. The van der Waals surface area contributed by atoms with E-state index in [9.17, 15) is 9.59 Å². The quantitative estimate of drug-likeness (QED) is 0.455. The van der Waals surface area contributed by atoms with Crippen molar-refractivity contribution in [3.63, 3.8) is 0 Å². The molecule has 1 unspecified atom stereocenters. The van der Waals surface area contributed by atoms with Crippen molar-refractivity contribution in [3.05, 3.63) is 42.5 Å². The molecule has 23 heavy (non-hydrogen) atoms. The van der Waals surface area contributed by atoms with Gasteiger partial charge in [-0.05, 0) is 25.0 Å². The van der Waals surface area contributed by atoms with Gasteiger partial charge in [0.1, 0.15) is 11.9 Å². The number of allylic oxidation sites excluding steroid dienone is 1. The van der Waals surface area contributed by atoms with E-state index in [2.05, 4.69) is 0 Å². The Hall–Kier alpha value is -2.30. The molecule has 2 aliphatic rings. The van der Waals surface area contributed by atoms with E-state index in [1.807, 2.05) is 47.4 Å². The number of amides is 1. The van der Waals surface area contributed by atoms with Crippen LogP contribution in [0, 0.1) is 0 Å². The van der Waals surface area contributed by atoms with E-state index in [-0.39, 0.29) is 24.0 Å². The number of carboxylic acids is 1. The SMILES string of the molecule is O=C(O)CCC/C=C\CN1C(=O)CC12C[C@@H]2Oc1ccccc1. The van der Waals surface area contributed by atoms with Gasteiger partial charge in [0.15, 0.2) is 0 Å². The molecule has 5 heteroatoms. The predicted octanol–water partition coefficient (Wildman–Crippen LogP) is 2.62. The predicted molar refractivity (Wildman–Crippen MR) is 85.2 cm³/mol. The second-order valence-corrected chi connectivity index (χ2v) is 6.17. The highest BCUT2D eigenvalue weighted by Gasteiger charge is 2.68.